The van der Waals surface area contributed by atoms with Crippen molar-refractivity contribution in [1.29, 1.82) is 0 Å². The first-order chi connectivity index (χ1) is 12.7. The van der Waals surface area contributed by atoms with Crippen molar-refractivity contribution in [3.63, 3.8) is 0 Å². The minimum atomic E-state index is -0.131. The minimum Gasteiger partial charge on any atom is -0.356 e. The minimum absolute atomic E-state index is 0. The van der Waals surface area contributed by atoms with E-state index in [4.69, 9.17) is 0 Å². The van der Waals surface area contributed by atoms with Gasteiger partial charge in [-0.05, 0) is 68.8 Å². The molecule has 0 aliphatic carbocycles. The summed E-state index contributed by atoms with van der Waals surface area (Å²) < 4.78 is 14.7. The van der Waals surface area contributed by atoms with Crippen LogP contribution >= 0.6 is 39.9 Å². The second-order valence-electron chi connectivity index (χ2n) is 7.42. The van der Waals surface area contributed by atoms with Gasteiger partial charge in [0.15, 0.2) is 5.96 Å². The van der Waals surface area contributed by atoms with E-state index in [0.29, 0.717) is 0 Å². The molecule has 0 spiro atoms. The smallest absolute Gasteiger partial charge is 0.193 e. The van der Waals surface area contributed by atoms with Crippen molar-refractivity contribution in [2.45, 2.75) is 32.1 Å². The molecule has 2 saturated heterocycles. The molecule has 0 bridgehead atoms. The van der Waals surface area contributed by atoms with Gasteiger partial charge in [-0.1, -0.05) is 22.0 Å². The summed E-state index contributed by atoms with van der Waals surface area (Å²) in [6.07, 6.45) is 5.60. The van der Waals surface area contributed by atoms with Gasteiger partial charge in [-0.15, -0.1) is 24.0 Å². The predicted molar refractivity (Wildman–Crippen MR) is 125 cm³/mol. The Labute approximate surface area is 188 Å². The zero-order valence-corrected chi connectivity index (χ0v) is 20.0. The Morgan fingerprint density at radius 2 is 2.07 bits per heavy atom. The van der Waals surface area contributed by atoms with Crippen molar-refractivity contribution < 1.29 is 4.39 Å². The second kappa shape index (κ2) is 11.6. The fraction of sp³-hybridized carbons (Fsp3) is 0.650. The van der Waals surface area contributed by atoms with E-state index in [2.05, 4.69) is 36.0 Å². The summed E-state index contributed by atoms with van der Waals surface area (Å²) in [6, 6.07) is 5.29. The maximum Gasteiger partial charge on any atom is 0.193 e. The van der Waals surface area contributed by atoms with Gasteiger partial charge < -0.3 is 15.1 Å². The quantitative estimate of drug-likeness (QED) is 0.249. The van der Waals surface area contributed by atoms with Crippen LogP contribution in [0.2, 0.25) is 0 Å². The van der Waals surface area contributed by atoms with Gasteiger partial charge in [0.1, 0.15) is 5.82 Å². The van der Waals surface area contributed by atoms with Crippen LogP contribution in [0.15, 0.2) is 27.7 Å². The molecule has 0 aromatic heterocycles. The summed E-state index contributed by atoms with van der Waals surface area (Å²) in [7, 11) is 1.85. The van der Waals surface area contributed by atoms with E-state index < -0.39 is 0 Å². The molecule has 2 heterocycles. The zero-order valence-electron chi connectivity index (χ0n) is 16.1. The van der Waals surface area contributed by atoms with E-state index in [1.165, 1.54) is 45.0 Å². The molecule has 2 aliphatic rings. The Kier molecular flexibility index (Phi) is 9.79. The van der Waals surface area contributed by atoms with Crippen molar-refractivity contribution in [3.8, 4) is 0 Å². The predicted octanol–water partition coefficient (Wildman–Crippen LogP) is 4.13. The van der Waals surface area contributed by atoms with Gasteiger partial charge in [0.2, 0.25) is 0 Å². The van der Waals surface area contributed by atoms with Gasteiger partial charge in [-0.2, -0.15) is 0 Å². The van der Waals surface area contributed by atoms with Crippen LogP contribution in [-0.2, 0) is 6.42 Å². The van der Waals surface area contributed by atoms with E-state index in [1.54, 1.807) is 0 Å². The van der Waals surface area contributed by atoms with Crippen LogP contribution in [-0.4, -0.2) is 62.1 Å². The maximum atomic E-state index is 13.9. The number of hydrogen-bond acceptors (Lipinski definition) is 2. The van der Waals surface area contributed by atoms with E-state index in [1.807, 2.05) is 19.2 Å². The summed E-state index contributed by atoms with van der Waals surface area (Å²) >= 11 is 3.30. The van der Waals surface area contributed by atoms with Gasteiger partial charge in [-0.25, -0.2) is 4.39 Å². The summed E-state index contributed by atoms with van der Waals surface area (Å²) in [5, 5.41) is 3.46. The lowest BCUT2D eigenvalue weighted by Gasteiger charge is -2.23. The first-order valence-corrected chi connectivity index (χ1v) is 10.6. The Bertz CT molecular complexity index is 622. The average Bonchev–Trinajstić information content (AvgIpc) is 3.29. The molecule has 2 fully saturated rings. The molecule has 3 rings (SSSR count). The second-order valence-corrected chi connectivity index (χ2v) is 8.34. The van der Waals surface area contributed by atoms with Gasteiger partial charge in [0, 0.05) is 37.7 Å². The van der Waals surface area contributed by atoms with Crippen LogP contribution < -0.4 is 5.32 Å². The molecule has 1 aromatic carbocycles. The number of rotatable bonds is 6. The molecule has 1 unspecified atom stereocenters. The summed E-state index contributed by atoms with van der Waals surface area (Å²) in [5.74, 6) is 1.61. The van der Waals surface area contributed by atoms with Crippen LogP contribution in [0.4, 0.5) is 4.39 Å². The third kappa shape index (κ3) is 6.85. The SMILES string of the molecule is CN=C(NCCCc1ccc(Br)cc1F)N1CCC(CN2CCCC2)C1.I. The van der Waals surface area contributed by atoms with Crippen molar-refractivity contribution in [2.75, 3.05) is 46.3 Å². The highest BCUT2D eigenvalue weighted by atomic mass is 127. The Morgan fingerprint density at radius 1 is 1.30 bits per heavy atom. The fourth-order valence-electron chi connectivity index (χ4n) is 4.04. The van der Waals surface area contributed by atoms with Gasteiger partial charge >= 0.3 is 0 Å². The standard InChI is InChI=1S/C20H30BrFN4.HI/c1-23-20(24-9-4-5-17-6-7-18(21)13-19(17)22)26-12-8-16(15-26)14-25-10-2-3-11-25;/h6-7,13,16H,2-5,8-12,14-15H2,1H3,(H,23,24);1H. The highest BCUT2D eigenvalue weighted by Gasteiger charge is 2.27. The van der Waals surface area contributed by atoms with Crippen LogP contribution in [0.5, 0.6) is 0 Å². The molecule has 0 radical (unpaired) electrons. The maximum absolute atomic E-state index is 13.9. The normalized spacial score (nSPS) is 20.8. The van der Waals surface area contributed by atoms with E-state index in [9.17, 15) is 4.39 Å². The molecule has 152 valence electrons. The number of nitrogens with zero attached hydrogens (tertiary/aromatic N) is 3. The van der Waals surface area contributed by atoms with E-state index in [-0.39, 0.29) is 29.8 Å². The lowest BCUT2D eigenvalue weighted by molar-refractivity contribution is 0.281. The van der Waals surface area contributed by atoms with Crippen molar-refractivity contribution in [1.82, 2.24) is 15.1 Å². The number of aliphatic imine (C=N–C) groups is 1. The molecule has 7 heteroatoms. The Balaban J connectivity index is 0.00000261. The van der Waals surface area contributed by atoms with Crippen LogP contribution in [0, 0.1) is 11.7 Å². The third-order valence-electron chi connectivity index (χ3n) is 5.43. The lowest BCUT2D eigenvalue weighted by Crippen LogP contribution is -2.41. The van der Waals surface area contributed by atoms with Crippen molar-refractivity contribution in [3.05, 3.63) is 34.1 Å². The topological polar surface area (TPSA) is 30.9 Å². The Morgan fingerprint density at radius 3 is 2.78 bits per heavy atom. The first kappa shape index (κ1) is 22.9. The number of aryl methyl sites for hydroxylation is 1. The number of nitrogens with one attached hydrogen (secondary N) is 1. The Hall–Kier alpha value is -0.410. The number of guanidine groups is 1. The molecule has 4 nitrogen and oxygen atoms in total. The lowest BCUT2D eigenvalue weighted by atomic mass is 10.1. The molecule has 2 aliphatic heterocycles. The molecule has 1 atom stereocenters. The molecule has 1 N–H and O–H groups in total. The summed E-state index contributed by atoms with van der Waals surface area (Å²) in [4.78, 5) is 9.43. The third-order valence-corrected chi connectivity index (χ3v) is 5.93. The first-order valence-electron chi connectivity index (χ1n) is 9.77. The van der Waals surface area contributed by atoms with E-state index in [0.717, 1.165) is 54.4 Å². The molecule has 0 amide bonds. The molecule has 27 heavy (non-hydrogen) atoms. The number of benzene rings is 1. The highest BCUT2D eigenvalue weighted by Crippen LogP contribution is 2.20. The largest absolute Gasteiger partial charge is 0.356 e. The fourth-order valence-corrected chi connectivity index (χ4v) is 4.37. The van der Waals surface area contributed by atoms with Crippen molar-refractivity contribution in [2.24, 2.45) is 10.9 Å². The summed E-state index contributed by atoms with van der Waals surface area (Å²) in [5.41, 5.74) is 0.775. The van der Waals surface area contributed by atoms with Crippen LogP contribution in [0.1, 0.15) is 31.2 Å². The molecular formula is C20H31BrFIN4. The number of halogens is 3. The monoisotopic (exact) mass is 552 g/mol. The van der Waals surface area contributed by atoms with E-state index >= 15 is 0 Å². The van der Waals surface area contributed by atoms with Crippen LogP contribution in [0.25, 0.3) is 0 Å². The van der Waals surface area contributed by atoms with Gasteiger partial charge in [0.05, 0.1) is 0 Å². The van der Waals surface area contributed by atoms with Gasteiger partial charge in [0.25, 0.3) is 0 Å². The highest BCUT2D eigenvalue weighted by molar-refractivity contribution is 14.0. The summed E-state index contributed by atoms with van der Waals surface area (Å²) in [6.45, 7) is 6.77. The molecular weight excluding hydrogens is 522 g/mol. The molecule has 1 aromatic rings. The number of likely N-dealkylation sites (tertiary alicyclic amines) is 2. The number of hydrogen-bond donors (Lipinski definition) is 1. The van der Waals surface area contributed by atoms with Crippen LogP contribution in [0.3, 0.4) is 0 Å². The average molecular weight is 553 g/mol. The van der Waals surface area contributed by atoms with Gasteiger partial charge in [-0.3, -0.25) is 4.99 Å². The zero-order chi connectivity index (χ0) is 18.4. The van der Waals surface area contributed by atoms with Crippen molar-refractivity contribution >= 4 is 45.9 Å². The molecule has 0 saturated carbocycles.